The van der Waals surface area contributed by atoms with Crippen LogP contribution in [0.1, 0.15) is 43.2 Å². The van der Waals surface area contributed by atoms with Gasteiger partial charge in [0.2, 0.25) is 0 Å². The SMILES string of the molecule is Cc1ccc(C(=O)NS(=O)(=O)c2cccc(N)n2)c(N2C[C@@H](C)CC2(C)C)n1. The van der Waals surface area contributed by atoms with Crippen LogP contribution in [0.25, 0.3) is 0 Å². The summed E-state index contributed by atoms with van der Waals surface area (Å²) in [6.45, 7) is 8.91. The lowest BCUT2D eigenvalue weighted by Gasteiger charge is -2.33. The average molecular weight is 404 g/mol. The van der Waals surface area contributed by atoms with Crippen molar-refractivity contribution >= 4 is 27.6 Å². The summed E-state index contributed by atoms with van der Waals surface area (Å²) in [5, 5.41) is -0.308. The molecule has 0 aromatic carbocycles. The second-order valence-corrected chi connectivity index (χ2v) is 9.52. The molecule has 9 heteroatoms. The number of nitrogens with zero attached hydrogens (tertiary/aromatic N) is 3. The van der Waals surface area contributed by atoms with Crippen molar-refractivity contribution in [3.05, 3.63) is 41.6 Å². The van der Waals surface area contributed by atoms with Crippen LogP contribution in [0.15, 0.2) is 35.4 Å². The van der Waals surface area contributed by atoms with Crippen LogP contribution in [0.2, 0.25) is 0 Å². The van der Waals surface area contributed by atoms with Crippen LogP contribution in [-0.2, 0) is 10.0 Å². The molecule has 150 valence electrons. The van der Waals surface area contributed by atoms with E-state index in [4.69, 9.17) is 5.73 Å². The van der Waals surface area contributed by atoms with Crippen molar-refractivity contribution in [1.29, 1.82) is 0 Å². The van der Waals surface area contributed by atoms with Crippen LogP contribution in [0.4, 0.5) is 11.6 Å². The highest BCUT2D eigenvalue weighted by Crippen LogP contribution is 2.37. The van der Waals surface area contributed by atoms with Crippen molar-refractivity contribution in [3.8, 4) is 0 Å². The lowest BCUT2D eigenvalue weighted by atomic mass is 9.97. The summed E-state index contributed by atoms with van der Waals surface area (Å²) in [7, 11) is -4.16. The molecule has 2 aromatic rings. The van der Waals surface area contributed by atoms with Gasteiger partial charge in [-0.25, -0.2) is 14.7 Å². The van der Waals surface area contributed by atoms with Gasteiger partial charge in [0.05, 0.1) is 5.56 Å². The van der Waals surface area contributed by atoms with Crippen molar-refractivity contribution in [2.24, 2.45) is 5.92 Å². The lowest BCUT2D eigenvalue weighted by molar-refractivity contribution is 0.0981. The molecule has 8 nitrogen and oxygen atoms in total. The first kappa shape index (κ1) is 20.1. The Morgan fingerprint density at radius 2 is 1.96 bits per heavy atom. The van der Waals surface area contributed by atoms with E-state index in [-0.39, 0.29) is 21.9 Å². The Morgan fingerprint density at radius 3 is 2.57 bits per heavy atom. The van der Waals surface area contributed by atoms with E-state index in [2.05, 4.69) is 40.4 Å². The highest BCUT2D eigenvalue weighted by Gasteiger charge is 2.39. The highest BCUT2D eigenvalue weighted by atomic mass is 32.2. The van der Waals surface area contributed by atoms with Gasteiger partial charge in [-0.05, 0) is 57.4 Å². The van der Waals surface area contributed by atoms with E-state index in [1.165, 1.54) is 18.2 Å². The van der Waals surface area contributed by atoms with Crippen molar-refractivity contribution in [3.63, 3.8) is 0 Å². The average Bonchev–Trinajstić information content (AvgIpc) is 2.86. The van der Waals surface area contributed by atoms with Gasteiger partial charge in [-0.3, -0.25) is 4.79 Å². The fourth-order valence-electron chi connectivity index (χ4n) is 3.70. The quantitative estimate of drug-likeness (QED) is 0.802. The van der Waals surface area contributed by atoms with Gasteiger partial charge >= 0.3 is 0 Å². The van der Waals surface area contributed by atoms with Crippen molar-refractivity contribution < 1.29 is 13.2 Å². The van der Waals surface area contributed by atoms with Crippen LogP contribution in [0.5, 0.6) is 0 Å². The first-order valence-electron chi connectivity index (χ1n) is 9.04. The van der Waals surface area contributed by atoms with Gasteiger partial charge in [0, 0.05) is 17.8 Å². The number of nitrogens with one attached hydrogen (secondary N) is 1. The second-order valence-electron chi connectivity index (χ2n) is 7.89. The summed E-state index contributed by atoms with van der Waals surface area (Å²) in [6, 6.07) is 7.52. The number of aromatic nitrogens is 2. The summed E-state index contributed by atoms with van der Waals surface area (Å²) in [5.41, 5.74) is 6.33. The van der Waals surface area contributed by atoms with Gasteiger partial charge in [-0.1, -0.05) is 13.0 Å². The Hall–Kier alpha value is -2.68. The number of hydrogen-bond acceptors (Lipinski definition) is 7. The summed E-state index contributed by atoms with van der Waals surface area (Å²) in [4.78, 5) is 23.3. The predicted octanol–water partition coefficient (Wildman–Crippen LogP) is 2.11. The van der Waals surface area contributed by atoms with Gasteiger partial charge in [0.15, 0.2) is 5.03 Å². The van der Waals surface area contributed by atoms with Crippen LogP contribution in [0.3, 0.4) is 0 Å². The van der Waals surface area contributed by atoms with Crippen LogP contribution in [0, 0.1) is 12.8 Å². The minimum absolute atomic E-state index is 0.0563. The maximum absolute atomic E-state index is 12.9. The van der Waals surface area contributed by atoms with Gasteiger partial charge in [0.25, 0.3) is 15.9 Å². The van der Waals surface area contributed by atoms with Crippen LogP contribution in [-0.4, -0.2) is 36.4 Å². The molecule has 1 amide bonds. The molecule has 1 fully saturated rings. The molecule has 1 saturated heterocycles. The largest absolute Gasteiger partial charge is 0.384 e. The molecule has 0 spiro atoms. The molecule has 0 aliphatic carbocycles. The Labute approximate surface area is 165 Å². The van der Waals surface area contributed by atoms with Crippen molar-refractivity contribution in [2.75, 3.05) is 17.2 Å². The van der Waals surface area contributed by atoms with E-state index >= 15 is 0 Å². The normalized spacial score (nSPS) is 18.9. The summed E-state index contributed by atoms with van der Waals surface area (Å²) < 4.78 is 27.2. The number of nitrogen functional groups attached to an aromatic ring is 1. The summed E-state index contributed by atoms with van der Waals surface area (Å²) in [6.07, 6.45) is 0.954. The fourth-order valence-corrected chi connectivity index (χ4v) is 4.64. The molecule has 0 bridgehead atoms. The first-order valence-corrected chi connectivity index (χ1v) is 10.5. The predicted molar refractivity (Wildman–Crippen MR) is 107 cm³/mol. The number of sulfonamides is 1. The van der Waals surface area contributed by atoms with Crippen LogP contribution >= 0.6 is 0 Å². The molecule has 28 heavy (non-hydrogen) atoms. The molecular formula is C19H25N5O3S. The van der Waals surface area contributed by atoms with Gasteiger partial charge < -0.3 is 10.6 Å². The highest BCUT2D eigenvalue weighted by molar-refractivity contribution is 7.90. The second kappa shape index (κ2) is 7.05. The standard InChI is InChI=1S/C19H25N5O3S/c1-12-10-19(3,4)24(11-12)17-14(9-8-13(2)21-17)18(25)23-28(26,27)16-7-5-6-15(20)22-16/h5-9,12H,10-11H2,1-4H3,(H2,20,22)(H,23,25)/t12-/m0/s1. The maximum atomic E-state index is 12.9. The number of carbonyl (C=O) groups excluding carboxylic acids is 1. The Bertz CT molecular complexity index is 1020. The molecule has 1 aliphatic heterocycles. The van der Waals surface area contributed by atoms with E-state index < -0.39 is 15.9 Å². The molecule has 1 atom stereocenters. The van der Waals surface area contributed by atoms with Crippen molar-refractivity contribution in [1.82, 2.24) is 14.7 Å². The number of amides is 1. The molecule has 0 unspecified atom stereocenters. The van der Waals surface area contributed by atoms with E-state index in [1.54, 1.807) is 12.1 Å². The zero-order valence-corrected chi connectivity index (χ0v) is 17.2. The van der Waals surface area contributed by atoms with Gasteiger partial charge in [-0.2, -0.15) is 8.42 Å². The minimum atomic E-state index is -4.16. The number of anilines is 2. The van der Waals surface area contributed by atoms with Gasteiger partial charge in [-0.15, -0.1) is 0 Å². The third-order valence-electron chi connectivity index (χ3n) is 4.84. The molecule has 3 N–H and O–H groups in total. The third-order valence-corrected chi connectivity index (χ3v) is 6.07. The fraction of sp³-hybridized carbons (Fsp3) is 0.421. The molecule has 0 radical (unpaired) electrons. The number of rotatable bonds is 4. The molecule has 1 aliphatic rings. The van der Waals surface area contributed by atoms with Crippen LogP contribution < -0.4 is 15.4 Å². The number of nitrogens with two attached hydrogens (primary N) is 1. The summed E-state index contributed by atoms with van der Waals surface area (Å²) >= 11 is 0. The number of hydrogen-bond donors (Lipinski definition) is 2. The van der Waals surface area contributed by atoms with E-state index in [0.717, 1.165) is 18.7 Å². The molecular weight excluding hydrogens is 378 g/mol. The number of carbonyl (C=O) groups is 1. The first-order chi connectivity index (χ1) is 13.0. The maximum Gasteiger partial charge on any atom is 0.281 e. The zero-order chi connectivity index (χ0) is 20.7. The van der Waals surface area contributed by atoms with E-state index in [9.17, 15) is 13.2 Å². The monoisotopic (exact) mass is 403 g/mol. The molecule has 3 rings (SSSR count). The number of pyridine rings is 2. The van der Waals surface area contributed by atoms with E-state index in [1.807, 2.05) is 6.92 Å². The molecule has 2 aromatic heterocycles. The summed E-state index contributed by atoms with van der Waals surface area (Å²) in [5.74, 6) is 0.235. The third kappa shape index (κ3) is 3.94. The van der Waals surface area contributed by atoms with Gasteiger partial charge in [0.1, 0.15) is 11.6 Å². The Balaban J connectivity index is 1.97. The lowest BCUT2D eigenvalue weighted by Crippen LogP contribution is -2.41. The van der Waals surface area contributed by atoms with Crippen molar-refractivity contribution in [2.45, 2.75) is 44.7 Å². The number of aryl methyl sites for hydroxylation is 1. The Kier molecular flexibility index (Phi) is 5.05. The minimum Gasteiger partial charge on any atom is -0.384 e. The topological polar surface area (TPSA) is 118 Å². The molecule has 3 heterocycles. The smallest absolute Gasteiger partial charge is 0.281 e. The Morgan fingerprint density at radius 1 is 1.25 bits per heavy atom. The van der Waals surface area contributed by atoms with E-state index in [0.29, 0.717) is 11.7 Å². The molecule has 0 saturated carbocycles. The zero-order valence-electron chi connectivity index (χ0n) is 16.4.